The van der Waals surface area contributed by atoms with Crippen LogP contribution in [0.2, 0.25) is 0 Å². The highest BCUT2D eigenvalue weighted by Crippen LogP contribution is 2.58. The van der Waals surface area contributed by atoms with Crippen molar-refractivity contribution in [1.82, 2.24) is 9.80 Å². The number of aliphatic hydroxyl groups is 1. The molecular formula is C26H38N2O6. The molecule has 1 unspecified atom stereocenters. The summed E-state index contributed by atoms with van der Waals surface area (Å²) < 4.78 is 12.2. The van der Waals surface area contributed by atoms with Gasteiger partial charge in [-0.15, -0.1) is 0 Å². The van der Waals surface area contributed by atoms with Crippen LogP contribution in [0, 0.1) is 11.8 Å². The molecule has 8 nitrogen and oxygen atoms in total. The summed E-state index contributed by atoms with van der Waals surface area (Å²) in [4.78, 5) is 44.6. The zero-order chi connectivity index (χ0) is 24.3. The largest absolute Gasteiger partial charge is 0.461 e. The maximum absolute atomic E-state index is 14.0. The first kappa shape index (κ1) is 24.9. The second-order valence-electron chi connectivity index (χ2n) is 9.86. The van der Waals surface area contributed by atoms with Gasteiger partial charge in [-0.1, -0.05) is 51.3 Å². The molecule has 2 fully saturated rings. The first-order valence-electron chi connectivity index (χ1n) is 12.9. The predicted octanol–water partition coefficient (Wildman–Crippen LogP) is 2.21. The molecule has 1 spiro atoms. The summed E-state index contributed by atoms with van der Waals surface area (Å²) >= 11 is 0. The minimum absolute atomic E-state index is 0.107. The highest BCUT2D eigenvalue weighted by molar-refractivity contribution is 5.99. The van der Waals surface area contributed by atoms with E-state index in [1.54, 1.807) is 11.0 Å². The summed E-state index contributed by atoms with van der Waals surface area (Å²) in [6.45, 7) is 5.86. The van der Waals surface area contributed by atoms with Crippen LogP contribution < -0.4 is 0 Å². The van der Waals surface area contributed by atoms with Gasteiger partial charge in [0.15, 0.2) is 0 Å². The van der Waals surface area contributed by atoms with Gasteiger partial charge < -0.3 is 24.4 Å². The molecule has 8 heteroatoms. The fourth-order valence-corrected chi connectivity index (χ4v) is 6.18. The molecule has 0 bridgehead atoms. The summed E-state index contributed by atoms with van der Waals surface area (Å²) in [5.41, 5.74) is -2.16. The van der Waals surface area contributed by atoms with Gasteiger partial charge in [0, 0.05) is 26.2 Å². The average molecular weight is 475 g/mol. The molecule has 0 radical (unpaired) electrons. The van der Waals surface area contributed by atoms with Gasteiger partial charge in [-0.3, -0.25) is 14.4 Å². The van der Waals surface area contributed by atoms with Crippen LogP contribution in [0.5, 0.6) is 0 Å². The zero-order valence-corrected chi connectivity index (χ0v) is 20.4. The van der Waals surface area contributed by atoms with E-state index in [0.717, 1.165) is 38.5 Å². The number of carbonyl (C=O) groups excluding carboxylic acids is 3. The van der Waals surface area contributed by atoms with Crippen LogP contribution in [0.15, 0.2) is 24.3 Å². The number of carbonyl (C=O) groups is 3. The summed E-state index contributed by atoms with van der Waals surface area (Å²) in [5, 5.41) is 9.06. The third-order valence-corrected chi connectivity index (χ3v) is 7.87. The molecule has 4 aliphatic heterocycles. The highest BCUT2D eigenvalue weighted by Gasteiger charge is 2.75. The number of nitrogens with zero attached hydrogens (tertiary/aromatic N) is 2. The topological polar surface area (TPSA) is 96.4 Å². The molecule has 188 valence electrons. The van der Waals surface area contributed by atoms with Crippen LogP contribution >= 0.6 is 0 Å². The molecule has 0 aromatic rings. The lowest BCUT2D eigenvalue weighted by Crippen LogP contribution is -2.56. The molecule has 0 saturated carbocycles. The number of hydrogen-bond donors (Lipinski definition) is 1. The van der Waals surface area contributed by atoms with Crippen LogP contribution in [0.3, 0.4) is 0 Å². The lowest BCUT2D eigenvalue weighted by Gasteiger charge is -2.38. The van der Waals surface area contributed by atoms with Gasteiger partial charge in [-0.25, -0.2) is 0 Å². The van der Waals surface area contributed by atoms with Crippen molar-refractivity contribution in [2.45, 2.75) is 76.0 Å². The third-order valence-electron chi connectivity index (χ3n) is 7.87. The van der Waals surface area contributed by atoms with Gasteiger partial charge in [-0.2, -0.15) is 0 Å². The van der Waals surface area contributed by atoms with Crippen LogP contribution in [-0.2, 0) is 23.9 Å². The number of hydrogen-bond acceptors (Lipinski definition) is 6. The van der Waals surface area contributed by atoms with Gasteiger partial charge in [-0.05, 0) is 31.8 Å². The van der Waals surface area contributed by atoms with E-state index >= 15 is 0 Å². The summed E-state index contributed by atoms with van der Waals surface area (Å²) in [5.74, 6) is -2.32. The Morgan fingerprint density at radius 1 is 0.971 bits per heavy atom. The van der Waals surface area contributed by atoms with Crippen LogP contribution in [0.4, 0.5) is 0 Å². The van der Waals surface area contributed by atoms with E-state index in [1.807, 2.05) is 30.1 Å². The molecule has 0 aliphatic carbocycles. The lowest BCUT2D eigenvalue weighted by atomic mass is 9.73. The second kappa shape index (κ2) is 10.2. The second-order valence-corrected chi connectivity index (χ2v) is 9.86. The van der Waals surface area contributed by atoms with Crippen LogP contribution in [0.25, 0.3) is 0 Å². The van der Waals surface area contributed by atoms with Crippen molar-refractivity contribution in [2.24, 2.45) is 11.8 Å². The fourth-order valence-electron chi connectivity index (χ4n) is 6.18. The molecule has 4 rings (SSSR count). The van der Waals surface area contributed by atoms with E-state index in [0.29, 0.717) is 26.1 Å². The fraction of sp³-hybridized carbons (Fsp3) is 0.731. The van der Waals surface area contributed by atoms with Crippen molar-refractivity contribution >= 4 is 17.8 Å². The molecule has 0 aromatic heterocycles. The number of unbranched alkanes of at least 4 members (excludes halogenated alkanes) is 4. The molecule has 0 aromatic carbocycles. The van der Waals surface area contributed by atoms with E-state index in [4.69, 9.17) is 14.6 Å². The molecule has 1 N–H and O–H groups in total. The Hall–Kier alpha value is -2.19. The smallest absolute Gasteiger partial charge is 0.313 e. The average Bonchev–Trinajstić information content (AvgIpc) is 3.10. The summed E-state index contributed by atoms with van der Waals surface area (Å²) in [7, 11) is 0. The normalized spacial score (nSPS) is 34.6. The minimum Gasteiger partial charge on any atom is -0.461 e. The first-order chi connectivity index (χ1) is 16.5. The Morgan fingerprint density at radius 2 is 1.76 bits per heavy atom. The summed E-state index contributed by atoms with van der Waals surface area (Å²) in [6.07, 6.45) is 13.0. The quantitative estimate of drug-likeness (QED) is 0.296. The number of aliphatic hydroxyl groups excluding tert-OH is 1. The van der Waals surface area contributed by atoms with Gasteiger partial charge >= 0.3 is 5.97 Å². The molecule has 5 atom stereocenters. The summed E-state index contributed by atoms with van der Waals surface area (Å²) in [6, 6.07) is -0.796. The SMILES string of the molecule is CCCCN1CC=C[C@]23O[C@@]4(CC)C=CCOC(=O)[C@H]4[C@H]2C(=O)N(CCCCCCO)C3C1=O. The molecular weight excluding hydrogens is 436 g/mol. The maximum Gasteiger partial charge on any atom is 0.313 e. The number of cyclic esters (lactones) is 1. The molecule has 34 heavy (non-hydrogen) atoms. The van der Waals surface area contributed by atoms with Gasteiger partial charge in [0.05, 0.1) is 5.92 Å². The van der Waals surface area contributed by atoms with Crippen molar-refractivity contribution in [1.29, 1.82) is 0 Å². The lowest BCUT2D eigenvalue weighted by molar-refractivity contribution is -0.159. The predicted molar refractivity (Wildman–Crippen MR) is 126 cm³/mol. The van der Waals surface area contributed by atoms with Crippen molar-refractivity contribution in [3.63, 3.8) is 0 Å². The van der Waals surface area contributed by atoms with Crippen molar-refractivity contribution in [3.05, 3.63) is 24.3 Å². The Labute approximate surface area is 201 Å². The van der Waals surface area contributed by atoms with E-state index in [9.17, 15) is 14.4 Å². The number of likely N-dealkylation sites (tertiary alicyclic amines) is 1. The van der Waals surface area contributed by atoms with Crippen LogP contribution in [0.1, 0.15) is 58.8 Å². The number of fused-ring (bicyclic) bond motifs is 2. The highest BCUT2D eigenvalue weighted by atomic mass is 16.6. The molecule has 2 amide bonds. The number of ether oxygens (including phenoxy) is 2. The van der Waals surface area contributed by atoms with E-state index in [2.05, 4.69) is 6.92 Å². The number of amides is 2. The monoisotopic (exact) mass is 474 g/mol. The van der Waals surface area contributed by atoms with E-state index < -0.39 is 35.0 Å². The third kappa shape index (κ3) is 3.98. The zero-order valence-electron chi connectivity index (χ0n) is 20.4. The Bertz CT molecular complexity index is 856. The van der Waals surface area contributed by atoms with Gasteiger partial charge in [0.1, 0.15) is 29.8 Å². The number of esters is 1. The van der Waals surface area contributed by atoms with Crippen molar-refractivity contribution in [3.8, 4) is 0 Å². The first-order valence-corrected chi connectivity index (χ1v) is 12.9. The van der Waals surface area contributed by atoms with E-state index in [-0.39, 0.29) is 25.0 Å². The van der Waals surface area contributed by atoms with Gasteiger partial charge in [0.2, 0.25) is 11.8 Å². The molecule has 2 saturated heterocycles. The number of rotatable bonds is 10. The van der Waals surface area contributed by atoms with E-state index in [1.165, 1.54) is 0 Å². The van der Waals surface area contributed by atoms with Crippen LogP contribution in [-0.4, -0.2) is 82.8 Å². The Morgan fingerprint density at radius 3 is 2.50 bits per heavy atom. The minimum atomic E-state index is -1.19. The van der Waals surface area contributed by atoms with Crippen molar-refractivity contribution in [2.75, 3.05) is 32.8 Å². The Balaban J connectivity index is 1.73. The maximum atomic E-state index is 14.0. The molecule has 4 heterocycles. The molecule has 4 aliphatic rings. The van der Waals surface area contributed by atoms with Gasteiger partial charge in [0.25, 0.3) is 0 Å². The Kier molecular flexibility index (Phi) is 7.48. The standard InChI is InChI=1S/C26H38N2O6/c1-3-5-14-27-15-10-13-26-19(20-24(32)33-18-11-12-25(20,4-2)34-26)22(30)28(21(26)23(27)31)16-8-6-7-9-17-29/h10-13,19-21,29H,3-9,14-18H2,1-2H3/t19-,20+,21?,25-,26-/m0/s1. The van der Waals surface area contributed by atoms with Crippen molar-refractivity contribution < 1.29 is 29.0 Å².